The lowest BCUT2D eigenvalue weighted by Crippen LogP contribution is -2.27. The normalized spacial score (nSPS) is 14.0. The molecule has 6 nitrogen and oxygen atoms in total. The van der Waals surface area contributed by atoms with E-state index in [1.54, 1.807) is 20.2 Å². The summed E-state index contributed by atoms with van der Waals surface area (Å²) in [6, 6.07) is 7.30. The molecule has 110 valence electrons. The van der Waals surface area contributed by atoms with E-state index in [0.29, 0.717) is 17.4 Å². The van der Waals surface area contributed by atoms with Gasteiger partial charge >= 0.3 is 0 Å². The fourth-order valence-corrected chi connectivity index (χ4v) is 2.31. The fourth-order valence-electron chi connectivity index (χ4n) is 2.31. The van der Waals surface area contributed by atoms with Gasteiger partial charge in [-0.15, -0.1) is 0 Å². The van der Waals surface area contributed by atoms with Gasteiger partial charge in [0.15, 0.2) is 5.69 Å². The molecule has 0 atom stereocenters. The first-order valence-electron chi connectivity index (χ1n) is 6.87. The lowest BCUT2D eigenvalue weighted by atomic mass is 10.2. The number of hydrogen-bond donors (Lipinski definition) is 2. The number of H-pyrrole nitrogens is 1. The summed E-state index contributed by atoms with van der Waals surface area (Å²) in [5, 5.41) is 6.99. The highest BCUT2D eigenvalue weighted by atomic mass is 16.5. The number of hydrogen-bond acceptors (Lipinski definition) is 4. The van der Waals surface area contributed by atoms with E-state index in [2.05, 4.69) is 10.2 Å². The topological polar surface area (TPSA) is 84.2 Å². The van der Waals surface area contributed by atoms with E-state index in [0.717, 1.165) is 24.2 Å². The van der Waals surface area contributed by atoms with Crippen molar-refractivity contribution in [1.29, 1.82) is 0 Å². The van der Waals surface area contributed by atoms with Crippen LogP contribution >= 0.6 is 0 Å². The zero-order valence-corrected chi connectivity index (χ0v) is 12.1. The van der Waals surface area contributed by atoms with Crippen molar-refractivity contribution in [1.82, 2.24) is 10.2 Å². The van der Waals surface area contributed by atoms with Crippen molar-refractivity contribution in [2.75, 3.05) is 24.8 Å². The number of methoxy groups -OCH3 is 1. The Bertz CT molecular complexity index is 676. The van der Waals surface area contributed by atoms with E-state index in [1.807, 2.05) is 18.2 Å². The summed E-state index contributed by atoms with van der Waals surface area (Å²) in [6.07, 6.45) is 2.21. The van der Waals surface area contributed by atoms with Gasteiger partial charge in [-0.1, -0.05) is 6.07 Å². The van der Waals surface area contributed by atoms with Crippen LogP contribution in [-0.2, 0) is 0 Å². The van der Waals surface area contributed by atoms with E-state index < -0.39 is 0 Å². The maximum Gasteiger partial charge on any atom is 0.280 e. The van der Waals surface area contributed by atoms with Crippen LogP contribution in [0.3, 0.4) is 0 Å². The van der Waals surface area contributed by atoms with E-state index in [-0.39, 0.29) is 11.6 Å². The minimum Gasteiger partial charge on any atom is -0.497 e. The molecule has 6 heteroatoms. The quantitative estimate of drug-likeness (QED) is 0.902. The molecular formula is C15H18N4O2. The van der Waals surface area contributed by atoms with Gasteiger partial charge in [0.1, 0.15) is 5.75 Å². The Balaban J connectivity index is 1.86. The summed E-state index contributed by atoms with van der Waals surface area (Å²) in [6.45, 7) is 0. The summed E-state index contributed by atoms with van der Waals surface area (Å²) in [5.41, 5.74) is 8.42. The molecule has 1 aliphatic rings. The van der Waals surface area contributed by atoms with Crippen molar-refractivity contribution >= 4 is 17.3 Å². The molecule has 1 fully saturated rings. The number of nitrogens with two attached hydrogens (primary N) is 1. The first-order valence-corrected chi connectivity index (χ1v) is 6.87. The minimum atomic E-state index is -0.232. The molecule has 0 radical (unpaired) electrons. The molecule has 0 saturated heterocycles. The minimum absolute atomic E-state index is 0.232. The summed E-state index contributed by atoms with van der Waals surface area (Å²) in [5.74, 6) is 0.894. The average molecular weight is 286 g/mol. The number of nitrogen functional groups attached to an aromatic ring is 1. The standard InChI is InChI=1S/C15H18N4O2/c1-19(10-4-3-5-11(8-10)21-2)15(20)14-12(16)13(17-18-14)9-6-7-9/h3-5,8-9H,6-7,16H2,1-2H3,(H,17,18). The highest BCUT2D eigenvalue weighted by molar-refractivity contribution is 6.08. The molecule has 0 spiro atoms. The van der Waals surface area contributed by atoms with E-state index in [1.165, 1.54) is 4.90 Å². The molecule has 1 aromatic heterocycles. The third-order valence-corrected chi connectivity index (χ3v) is 3.77. The molecule has 1 heterocycles. The number of aromatic nitrogens is 2. The monoisotopic (exact) mass is 286 g/mol. The predicted molar refractivity (Wildman–Crippen MR) is 80.7 cm³/mol. The van der Waals surface area contributed by atoms with Crippen molar-refractivity contribution in [3.63, 3.8) is 0 Å². The lowest BCUT2D eigenvalue weighted by Gasteiger charge is -2.17. The predicted octanol–water partition coefficient (Wildman–Crippen LogP) is 2.15. The van der Waals surface area contributed by atoms with Crippen LogP contribution in [0.1, 0.15) is 34.9 Å². The molecule has 1 aromatic carbocycles. The number of amides is 1. The van der Waals surface area contributed by atoms with Crippen molar-refractivity contribution in [2.45, 2.75) is 18.8 Å². The Labute approximate surface area is 122 Å². The van der Waals surface area contributed by atoms with Gasteiger partial charge in [0.25, 0.3) is 5.91 Å². The average Bonchev–Trinajstić information content (AvgIpc) is 3.28. The van der Waals surface area contributed by atoms with Gasteiger partial charge < -0.3 is 15.4 Å². The number of rotatable bonds is 4. The van der Waals surface area contributed by atoms with Gasteiger partial charge in [0.05, 0.1) is 18.5 Å². The van der Waals surface area contributed by atoms with Crippen LogP contribution in [0.4, 0.5) is 11.4 Å². The molecular weight excluding hydrogens is 268 g/mol. The summed E-state index contributed by atoms with van der Waals surface area (Å²) in [7, 11) is 3.29. The molecule has 0 aliphatic heterocycles. The number of ether oxygens (including phenoxy) is 1. The van der Waals surface area contributed by atoms with Crippen molar-refractivity contribution < 1.29 is 9.53 Å². The van der Waals surface area contributed by atoms with Crippen LogP contribution in [0.2, 0.25) is 0 Å². The molecule has 0 bridgehead atoms. The maximum atomic E-state index is 12.5. The Morgan fingerprint density at radius 2 is 2.24 bits per heavy atom. The van der Waals surface area contributed by atoms with Gasteiger partial charge in [-0.3, -0.25) is 9.89 Å². The molecule has 3 rings (SSSR count). The second-order valence-corrected chi connectivity index (χ2v) is 5.24. The lowest BCUT2D eigenvalue weighted by molar-refractivity contribution is 0.0989. The van der Waals surface area contributed by atoms with Crippen LogP contribution in [-0.4, -0.2) is 30.3 Å². The molecule has 0 unspecified atom stereocenters. The number of nitrogens with one attached hydrogen (secondary N) is 1. The van der Waals surface area contributed by atoms with Crippen LogP contribution in [0.15, 0.2) is 24.3 Å². The molecule has 1 amide bonds. The van der Waals surface area contributed by atoms with Gasteiger partial charge in [0, 0.05) is 24.7 Å². The second kappa shape index (κ2) is 5.12. The van der Waals surface area contributed by atoms with Gasteiger partial charge in [-0.2, -0.15) is 5.10 Å². The molecule has 2 aromatic rings. The van der Waals surface area contributed by atoms with E-state index in [4.69, 9.17) is 10.5 Å². The van der Waals surface area contributed by atoms with Crippen LogP contribution < -0.4 is 15.4 Å². The Hall–Kier alpha value is -2.50. The molecule has 1 saturated carbocycles. The third kappa shape index (κ3) is 2.44. The Morgan fingerprint density at radius 3 is 2.90 bits per heavy atom. The molecule has 21 heavy (non-hydrogen) atoms. The smallest absolute Gasteiger partial charge is 0.280 e. The SMILES string of the molecule is COc1cccc(N(C)C(=O)c2n[nH]c(C3CC3)c2N)c1. The maximum absolute atomic E-state index is 12.5. The van der Waals surface area contributed by atoms with E-state index in [9.17, 15) is 4.79 Å². The summed E-state index contributed by atoms with van der Waals surface area (Å²) < 4.78 is 5.17. The van der Waals surface area contributed by atoms with Crippen molar-refractivity contribution in [3.8, 4) is 5.75 Å². The number of aromatic amines is 1. The Morgan fingerprint density at radius 1 is 1.48 bits per heavy atom. The van der Waals surface area contributed by atoms with Crippen LogP contribution in [0.25, 0.3) is 0 Å². The summed E-state index contributed by atoms with van der Waals surface area (Å²) in [4.78, 5) is 14.1. The van der Waals surface area contributed by atoms with Gasteiger partial charge in [-0.25, -0.2) is 0 Å². The highest BCUT2D eigenvalue weighted by Gasteiger charge is 2.31. The second-order valence-electron chi connectivity index (χ2n) is 5.24. The zero-order valence-electron chi connectivity index (χ0n) is 12.1. The largest absolute Gasteiger partial charge is 0.497 e. The zero-order chi connectivity index (χ0) is 15.0. The van der Waals surface area contributed by atoms with Gasteiger partial charge in [-0.05, 0) is 25.0 Å². The third-order valence-electron chi connectivity index (χ3n) is 3.77. The first-order chi connectivity index (χ1) is 10.1. The molecule has 3 N–H and O–H groups in total. The summed E-state index contributed by atoms with van der Waals surface area (Å²) >= 11 is 0. The number of nitrogens with zero attached hydrogens (tertiary/aromatic N) is 2. The number of carbonyl (C=O) groups excluding carboxylic acids is 1. The van der Waals surface area contributed by atoms with Gasteiger partial charge in [0.2, 0.25) is 0 Å². The van der Waals surface area contributed by atoms with Crippen molar-refractivity contribution in [2.24, 2.45) is 0 Å². The number of anilines is 2. The highest BCUT2D eigenvalue weighted by Crippen LogP contribution is 2.42. The van der Waals surface area contributed by atoms with Crippen LogP contribution in [0, 0.1) is 0 Å². The Kier molecular flexibility index (Phi) is 3.29. The fraction of sp³-hybridized carbons (Fsp3) is 0.333. The van der Waals surface area contributed by atoms with Crippen LogP contribution in [0.5, 0.6) is 5.75 Å². The number of benzene rings is 1. The number of carbonyl (C=O) groups is 1. The van der Waals surface area contributed by atoms with E-state index >= 15 is 0 Å². The molecule has 1 aliphatic carbocycles. The first kappa shape index (κ1) is 13.5. The van der Waals surface area contributed by atoms with Crippen molar-refractivity contribution in [3.05, 3.63) is 35.7 Å².